The van der Waals surface area contributed by atoms with Crippen LogP contribution in [0.2, 0.25) is 0 Å². The smallest absolute Gasteiger partial charge is 0.286 e. The second kappa shape index (κ2) is 5.26. The van der Waals surface area contributed by atoms with Gasteiger partial charge in [-0.15, -0.1) is 12.4 Å². The standard InChI is InChI=1S/C8H7F2N3O.ClH/c9-4-2-1-3-5(10)6(4)7(14)13-8(11)12;/h1-3H,(H4,11,12,13,14);1H. The van der Waals surface area contributed by atoms with Crippen LogP contribution in [0.5, 0.6) is 0 Å². The van der Waals surface area contributed by atoms with E-state index in [4.69, 9.17) is 11.5 Å². The van der Waals surface area contributed by atoms with Crippen LogP contribution in [0.3, 0.4) is 0 Å². The molecule has 0 saturated carbocycles. The van der Waals surface area contributed by atoms with E-state index in [9.17, 15) is 13.6 Å². The van der Waals surface area contributed by atoms with Gasteiger partial charge in [-0.3, -0.25) is 4.79 Å². The SMILES string of the molecule is Cl.NC(N)=NC(=O)c1c(F)cccc1F. The van der Waals surface area contributed by atoms with Crippen LogP contribution in [0.1, 0.15) is 10.4 Å². The van der Waals surface area contributed by atoms with E-state index < -0.39 is 29.1 Å². The van der Waals surface area contributed by atoms with Gasteiger partial charge in [-0.1, -0.05) is 6.07 Å². The molecule has 0 aliphatic carbocycles. The van der Waals surface area contributed by atoms with Crippen molar-refractivity contribution < 1.29 is 13.6 Å². The van der Waals surface area contributed by atoms with Gasteiger partial charge in [-0.05, 0) is 12.1 Å². The van der Waals surface area contributed by atoms with Crippen molar-refractivity contribution >= 4 is 24.3 Å². The molecule has 4 N–H and O–H groups in total. The fourth-order valence-electron chi connectivity index (χ4n) is 0.875. The highest BCUT2D eigenvalue weighted by molar-refractivity contribution is 6.02. The lowest BCUT2D eigenvalue weighted by molar-refractivity contribution is 0.0994. The van der Waals surface area contributed by atoms with Crippen molar-refractivity contribution in [2.75, 3.05) is 0 Å². The van der Waals surface area contributed by atoms with Crippen LogP contribution >= 0.6 is 12.4 Å². The molecule has 0 spiro atoms. The van der Waals surface area contributed by atoms with Crippen molar-refractivity contribution in [3.63, 3.8) is 0 Å². The minimum absolute atomic E-state index is 0. The second-order valence-corrected chi connectivity index (χ2v) is 2.44. The minimum atomic E-state index is -1.14. The summed E-state index contributed by atoms with van der Waals surface area (Å²) in [7, 11) is 0. The third kappa shape index (κ3) is 3.17. The van der Waals surface area contributed by atoms with Crippen LogP contribution in [0, 0.1) is 11.6 Å². The fraction of sp³-hybridized carbons (Fsp3) is 0. The molecule has 1 amide bonds. The van der Waals surface area contributed by atoms with E-state index in [1.807, 2.05) is 0 Å². The molecule has 0 unspecified atom stereocenters. The average Bonchev–Trinajstić information content (AvgIpc) is 2.01. The number of aliphatic imine (C=N–C) groups is 1. The third-order valence-corrected chi connectivity index (χ3v) is 1.41. The predicted molar refractivity (Wildman–Crippen MR) is 53.7 cm³/mol. The Bertz CT molecular complexity index is 385. The van der Waals surface area contributed by atoms with E-state index in [0.29, 0.717) is 0 Å². The molecule has 0 aliphatic rings. The summed E-state index contributed by atoms with van der Waals surface area (Å²) in [6.07, 6.45) is 0. The van der Waals surface area contributed by atoms with Crippen LogP contribution in [0.4, 0.5) is 8.78 Å². The van der Waals surface area contributed by atoms with E-state index >= 15 is 0 Å². The molecule has 0 atom stereocenters. The van der Waals surface area contributed by atoms with Crippen LogP contribution < -0.4 is 11.5 Å². The summed E-state index contributed by atoms with van der Waals surface area (Å²) in [5.41, 5.74) is 9.02. The Hall–Kier alpha value is -1.69. The molecule has 1 rings (SSSR count). The van der Waals surface area contributed by atoms with Crippen molar-refractivity contribution in [1.82, 2.24) is 0 Å². The molecule has 1 aromatic rings. The van der Waals surface area contributed by atoms with E-state index in [1.165, 1.54) is 0 Å². The topological polar surface area (TPSA) is 81.5 Å². The average molecular weight is 236 g/mol. The number of amides is 1. The number of hydrogen-bond donors (Lipinski definition) is 2. The lowest BCUT2D eigenvalue weighted by atomic mass is 10.2. The third-order valence-electron chi connectivity index (χ3n) is 1.41. The Labute approximate surface area is 90.4 Å². The van der Waals surface area contributed by atoms with Gasteiger partial charge < -0.3 is 11.5 Å². The highest BCUT2D eigenvalue weighted by atomic mass is 35.5. The fourth-order valence-corrected chi connectivity index (χ4v) is 0.875. The summed E-state index contributed by atoms with van der Waals surface area (Å²) in [6.45, 7) is 0. The second-order valence-electron chi connectivity index (χ2n) is 2.44. The normalized spacial score (nSPS) is 8.93. The van der Waals surface area contributed by atoms with Gasteiger partial charge in [0.2, 0.25) is 0 Å². The summed E-state index contributed by atoms with van der Waals surface area (Å²) in [6, 6.07) is 3.02. The van der Waals surface area contributed by atoms with Gasteiger partial charge in [0.15, 0.2) is 5.96 Å². The number of guanidine groups is 1. The molecule has 0 aromatic heterocycles. The molecule has 0 saturated heterocycles. The molecule has 0 heterocycles. The minimum Gasteiger partial charge on any atom is -0.370 e. The number of halogens is 3. The van der Waals surface area contributed by atoms with E-state index in [1.54, 1.807) is 0 Å². The van der Waals surface area contributed by atoms with E-state index in [2.05, 4.69) is 4.99 Å². The molecule has 1 aromatic carbocycles. The summed E-state index contributed by atoms with van der Waals surface area (Å²) in [5.74, 6) is -3.68. The molecular formula is C8H8ClF2N3O. The van der Waals surface area contributed by atoms with Gasteiger partial charge in [-0.2, -0.15) is 4.99 Å². The number of carbonyl (C=O) groups is 1. The van der Waals surface area contributed by atoms with Gasteiger partial charge >= 0.3 is 0 Å². The monoisotopic (exact) mass is 235 g/mol. The van der Waals surface area contributed by atoms with Gasteiger partial charge in [0.25, 0.3) is 5.91 Å². The molecule has 82 valence electrons. The van der Waals surface area contributed by atoms with Crippen molar-refractivity contribution in [1.29, 1.82) is 0 Å². The van der Waals surface area contributed by atoms with Crippen LogP contribution in [0.15, 0.2) is 23.2 Å². The Morgan fingerprint density at radius 1 is 1.20 bits per heavy atom. The molecule has 0 bridgehead atoms. The zero-order valence-electron chi connectivity index (χ0n) is 7.41. The molecule has 0 fully saturated rings. The lowest BCUT2D eigenvalue weighted by Crippen LogP contribution is -2.24. The van der Waals surface area contributed by atoms with Crippen molar-refractivity contribution in [3.05, 3.63) is 35.4 Å². The van der Waals surface area contributed by atoms with Gasteiger partial charge in [0.1, 0.15) is 17.2 Å². The maximum Gasteiger partial charge on any atom is 0.286 e. The number of hydrogen-bond acceptors (Lipinski definition) is 1. The molecule has 0 aliphatic heterocycles. The Balaban J connectivity index is 0.00000196. The lowest BCUT2D eigenvalue weighted by Gasteiger charge is -1.99. The first kappa shape index (κ1) is 13.3. The van der Waals surface area contributed by atoms with Crippen LogP contribution in [-0.2, 0) is 0 Å². The first-order valence-corrected chi connectivity index (χ1v) is 3.60. The van der Waals surface area contributed by atoms with Gasteiger partial charge in [0.05, 0.1) is 0 Å². The first-order valence-electron chi connectivity index (χ1n) is 3.60. The highest BCUT2D eigenvalue weighted by Crippen LogP contribution is 2.12. The highest BCUT2D eigenvalue weighted by Gasteiger charge is 2.16. The zero-order chi connectivity index (χ0) is 10.7. The Morgan fingerprint density at radius 2 is 1.67 bits per heavy atom. The number of rotatable bonds is 1. The first-order chi connectivity index (χ1) is 6.52. The van der Waals surface area contributed by atoms with Crippen LogP contribution in [0.25, 0.3) is 0 Å². The van der Waals surface area contributed by atoms with Crippen molar-refractivity contribution in [2.24, 2.45) is 16.5 Å². The molecule has 7 heteroatoms. The van der Waals surface area contributed by atoms with Crippen LogP contribution in [-0.4, -0.2) is 11.9 Å². The Morgan fingerprint density at radius 3 is 2.07 bits per heavy atom. The molecular weight excluding hydrogens is 228 g/mol. The number of benzene rings is 1. The summed E-state index contributed by atoms with van der Waals surface area (Å²) in [4.78, 5) is 14.1. The molecule has 15 heavy (non-hydrogen) atoms. The number of carbonyl (C=O) groups excluding carboxylic acids is 1. The number of nitrogens with zero attached hydrogens (tertiary/aromatic N) is 1. The van der Waals surface area contributed by atoms with Crippen molar-refractivity contribution in [3.8, 4) is 0 Å². The molecule has 4 nitrogen and oxygen atoms in total. The zero-order valence-corrected chi connectivity index (χ0v) is 8.22. The largest absolute Gasteiger partial charge is 0.370 e. The summed E-state index contributed by atoms with van der Waals surface area (Å²) < 4.78 is 25.9. The molecule has 0 radical (unpaired) electrons. The Kier molecular flexibility index (Phi) is 4.66. The number of nitrogens with two attached hydrogens (primary N) is 2. The van der Waals surface area contributed by atoms with Gasteiger partial charge in [-0.25, -0.2) is 8.78 Å². The summed E-state index contributed by atoms with van der Waals surface area (Å²) in [5, 5.41) is 0. The predicted octanol–water partition coefficient (Wildman–Crippen LogP) is 0.800. The maximum atomic E-state index is 12.9. The maximum absolute atomic E-state index is 12.9. The van der Waals surface area contributed by atoms with Crippen molar-refractivity contribution in [2.45, 2.75) is 0 Å². The van der Waals surface area contributed by atoms with Gasteiger partial charge in [0, 0.05) is 0 Å². The summed E-state index contributed by atoms with van der Waals surface area (Å²) >= 11 is 0. The van der Waals surface area contributed by atoms with E-state index in [0.717, 1.165) is 18.2 Å². The quantitative estimate of drug-likeness (QED) is 0.558. The van der Waals surface area contributed by atoms with E-state index in [-0.39, 0.29) is 12.4 Å².